The Morgan fingerprint density at radius 3 is 2.12 bits per heavy atom. The second-order valence-electron chi connectivity index (χ2n) is 6.37. The molecule has 1 aromatic heterocycles. The molecule has 2 heterocycles. The maximum Gasteiger partial charge on any atom is 0.128 e. The van der Waals surface area contributed by atoms with E-state index in [1.165, 1.54) is 5.56 Å². The summed E-state index contributed by atoms with van der Waals surface area (Å²) >= 11 is 0. The molecule has 0 radical (unpaired) electrons. The number of hydrogen-bond acceptors (Lipinski definition) is 4. The summed E-state index contributed by atoms with van der Waals surface area (Å²) in [4.78, 5) is 9.26. The van der Waals surface area contributed by atoms with Crippen LogP contribution in [0, 0.1) is 11.3 Å². The fourth-order valence-electron chi connectivity index (χ4n) is 3.39. The van der Waals surface area contributed by atoms with E-state index in [9.17, 15) is 5.26 Å². The molecule has 0 saturated carbocycles. The molecule has 1 aliphatic heterocycles. The topological polar surface area (TPSA) is 43.2 Å². The summed E-state index contributed by atoms with van der Waals surface area (Å²) in [5, 5.41) is 9.30. The Morgan fingerprint density at radius 2 is 1.42 bits per heavy atom. The minimum Gasteiger partial charge on any atom is -0.367 e. The van der Waals surface area contributed by atoms with Gasteiger partial charge in [0, 0.05) is 37.9 Å². The lowest BCUT2D eigenvalue weighted by atomic mass is 10.1. The van der Waals surface area contributed by atoms with Gasteiger partial charge in [0.2, 0.25) is 0 Å². The van der Waals surface area contributed by atoms with Crippen LogP contribution >= 0.6 is 0 Å². The van der Waals surface area contributed by atoms with Gasteiger partial charge in [-0.3, -0.25) is 0 Å². The number of anilines is 2. The van der Waals surface area contributed by atoms with Gasteiger partial charge in [-0.2, -0.15) is 5.26 Å². The zero-order chi connectivity index (χ0) is 17.8. The summed E-state index contributed by atoms with van der Waals surface area (Å²) in [7, 11) is 0. The number of nitriles is 1. The van der Waals surface area contributed by atoms with E-state index in [1.54, 1.807) is 0 Å². The zero-order valence-corrected chi connectivity index (χ0v) is 14.5. The van der Waals surface area contributed by atoms with Crippen molar-refractivity contribution in [3.63, 3.8) is 0 Å². The molecule has 4 heteroatoms. The van der Waals surface area contributed by atoms with Gasteiger partial charge in [0.05, 0.1) is 11.3 Å². The Hall–Kier alpha value is -3.32. The van der Waals surface area contributed by atoms with Crippen LogP contribution in [0.15, 0.2) is 72.9 Å². The van der Waals surface area contributed by atoms with E-state index in [0.717, 1.165) is 48.8 Å². The van der Waals surface area contributed by atoms with E-state index in [2.05, 4.69) is 45.1 Å². The highest BCUT2D eigenvalue weighted by Crippen LogP contribution is 2.24. The molecule has 0 atom stereocenters. The van der Waals surface area contributed by atoms with Crippen LogP contribution in [0.25, 0.3) is 11.1 Å². The summed E-state index contributed by atoms with van der Waals surface area (Å²) < 4.78 is 0. The first-order valence-corrected chi connectivity index (χ1v) is 8.85. The Kier molecular flexibility index (Phi) is 4.53. The first-order chi connectivity index (χ1) is 12.8. The first-order valence-electron chi connectivity index (χ1n) is 8.85. The standard InChI is InChI=1S/C22H20N4/c23-16-19-8-4-5-9-21(19)25-12-14-26(15-13-25)22-11-10-20(17-24-22)18-6-2-1-3-7-18/h1-11,17H,12-15H2. The smallest absolute Gasteiger partial charge is 0.128 e. The van der Waals surface area contributed by atoms with Crippen molar-refractivity contribution in [2.75, 3.05) is 36.0 Å². The van der Waals surface area contributed by atoms with Crippen molar-refractivity contribution < 1.29 is 0 Å². The van der Waals surface area contributed by atoms with Gasteiger partial charge in [0.1, 0.15) is 11.9 Å². The van der Waals surface area contributed by atoms with Crippen LogP contribution in [0.5, 0.6) is 0 Å². The lowest BCUT2D eigenvalue weighted by Gasteiger charge is -2.37. The second-order valence-corrected chi connectivity index (χ2v) is 6.37. The number of para-hydroxylation sites is 1. The summed E-state index contributed by atoms with van der Waals surface area (Å²) in [5.74, 6) is 1.01. The van der Waals surface area contributed by atoms with Gasteiger partial charge < -0.3 is 9.80 Å². The quantitative estimate of drug-likeness (QED) is 0.724. The Labute approximate surface area is 153 Å². The molecular formula is C22H20N4. The highest BCUT2D eigenvalue weighted by atomic mass is 15.3. The molecule has 26 heavy (non-hydrogen) atoms. The molecule has 0 spiro atoms. The number of nitrogens with zero attached hydrogens (tertiary/aromatic N) is 4. The predicted octanol–water partition coefficient (Wildman–Crippen LogP) is 3.95. The number of benzene rings is 2. The molecule has 0 unspecified atom stereocenters. The molecule has 0 amide bonds. The third kappa shape index (κ3) is 3.25. The molecule has 1 fully saturated rings. The largest absolute Gasteiger partial charge is 0.367 e. The normalized spacial score (nSPS) is 14.1. The second kappa shape index (κ2) is 7.28. The van der Waals surface area contributed by atoms with E-state index in [1.807, 2.05) is 48.7 Å². The molecule has 0 aliphatic carbocycles. The van der Waals surface area contributed by atoms with Crippen molar-refractivity contribution in [1.82, 2.24) is 4.98 Å². The Morgan fingerprint density at radius 1 is 0.731 bits per heavy atom. The van der Waals surface area contributed by atoms with Crippen LogP contribution in [-0.2, 0) is 0 Å². The van der Waals surface area contributed by atoms with Gasteiger partial charge in [-0.05, 0) is 29.8 Å². The van der Waals surface area contributed by atoms with Crippen molar-refractivity contribution in [2.24, 2.45) is 0 Å². The monoisotopic (exact) mass is 340 g/mol. The SMILES string of the molecule is N#Cc1ccccc1N1CCN(c2ccc(-c3ccccc3)cn2)CC1. The van der Waals surface area contributed by atoms with Gasteiger partial charge in [-0.15, -0.1) is 0 Å². The highest BCUT2D eigenvalue weighted by molar-refractivity contribution is 5.64. The molecule has 1 saturated heterocycles. The maximum absolute atomic E-state index is 9.30. The third-order valence-corrected chi connectivity index (χ3v) is 4.82. The number of hydrogen-bond donors (Lipinski definition) is 0. The number of pyridine rings is 1. The molecule has 4 nitrogen and oxygen atoms in total. The van der Waals surface area contributed by atoms with Crippen LogP contribution in [0.1, 0.15) is 5.56 Å². The molecule has 2 aromatic carbocycles. The molecule has 128 valence electrons. The lowest BCUT2D eigenvalue weighted by Crippen LogP contribution is -2.47. The lowest BCUT2D eigenvalue weighted by molar-refractivity contribution is 0.647. The van der Waals surface area contributed by atoms with Crippen molar-refractivity contribution >= 4 is 11.5 Å². The first kappa shape index (κ1) is 16.2. The fraction of sp³-hybridized carbons (Fsp3) is 0.182. The minimum absolute atomic E-state index is 0.742. The van der Waals surface area contributed by atoms with Crippen LogP contribution in [0.2, 0.25) is 0 Å². The molecule has 3 aromatic rings. The van der Waals surface area contributed by atoms with Crippen LogP contribution in [-0.4, -0.2) is 31.2 Å². The average molecular weight is 340 g/mol. The summed E-state index contributed by atoms with van der Waals surface area (Å²) in [5.41, 5.74) is 4.09. The van der Waals surface area contributed by atoms with Crippen molar-refractivity contribution in [3.05, 3.63) is 78.5 Å². The van der Waals surface area contributed by atoms with Crippen LogP contribution in [0.3, 0.4) is 0 Å². The van der Waals surface area contributed by atoms with Crippen molar-refractivity contribution in [1.29, 1.82) is 5.26 Å². The van der Waals surface area contributed by atoms with Crippen molar-refractivity contribution in [2.45, 2.75) is 0 Å². The minimum atomic E-state index is 0.742. The maximum atomic E-state index is 9.30. The molecule has 1 aliphatic rings. The Balaban J connectivity index is 1.44. The zero-order valence-electron chi connectivity index (χ0n) is 14.5. The van der Waals surface area contributed by atoms with Crippen LogP contribution < -0.4 is 9.80 Å². The Bertz CT molecular complexity index is 905. The highest BCUT2D eigenvalue weighted by Gasteiger charge is 2.20. The van der Waals surface area contributed by atoms with E-state index in [0.29, 0.717) is 0 Å². The fourth-order valence-corrected chi connectivity index (χ4v) is 3.39. The summed E-state index contributed by atoms with van der Waals surface area (Å²) in [6, 6.07) is 24.6. The summed E-state index contributed by atoms with van der Waals surface area (Å²) in [6.45, 7) is 3.58. The number of aromatic nitrogens is 1. The average Bonchev–Trinajstić information content (AvgIpc) is 2.74. The molecule has 0 N–H and O–H groups in total. The van der Waals surface area contributed by atoms with E-state index < -0.39 is 0 Å². The van der Waals surface area contributed by atoms with E-state index in [-0.39, 0.29) is 0 Å². The van der Waals surface area contributed by atoms with Gasteiger partial charge in [-0.25, -0.2) is 4.98 Å². The molecule has 0 bridgehead atoms. The van der Waals surface area contributed by atoms with E-state index >= 15 is 0 Å². The predicted molar refractivity (Wildman–Crippen MR) is 105 cm³/mol. The third-order valence-electron chi connectivity index (χ3n) is 4.82. The van der Waals surface area contributed by atoms with Gasteiger partial charge in [-0.1, -0.05) is 42.5 Å². The molecular weight excluding hydrogens is 320 g/mol. The van der Waals surface area contributed by atoms with E-state index in [4.69, 9.17) is 0 Å². The number of piperazine rings is 1. The van der Waals surface area contributed by atoms with Crippen LogP contribution in [0.4, 0.5) is 11.5 Å². The number of rotatable bonds is 3. The van der Waals surface area contributed by atoms with Gasteiger partial charge in [0.25, 0.3) is 0 Å². The van der Waals surface area contributed by atoms with Crippen molar-refractivity contribution in [3.8, 4) is 17.2 Å². The molecule has 4 rings (SSSR count). The van der Waals surface area contributed by atoms with Gasteiger partial charge >= 0.3 is 0 Å². The van der Waals surface area contributed by atoms with Gasteiger partial charge in [0.15, 0.2) is 0 Å². The summed E-state index contributed by atoms with van der Waals surface area (Å²) in [6.07, 6.45) is 1.95.